The number of aryl methyl sites for hydroxylation is 1. The Balaban J connectivity index is 2.62. The molecule has 1 aromatic carbocycles. The van der Waals surface area contributed by atoms with E-state index in [4.69, 9.17) is 27.7 Å². The maximum absolute atomic E-state index is 14.0. The van der Waals surface area contributed by atoms with Gasteiger partial charge in [-0.2, -0.15) is 0 Å². The molecule has 0 aromatic heterocycles. The Kier molecular flexibility index (Phi) is 12.0. The van der Waals surface area contributed by atoms with Gasteiger partial charge in [-0.05, 0) is 70.2 Å². The Morgan fingerprint density at radius 2 is 1.97 bits per heavy atom. The van der Waals surface area contributed by atoms with Gasteiger partial charge >= 0.3 is 7.67 Å². The molecule has 1 aliphatic rings. The summed E-state index contributed by atoms with van der Waals surface area (Å²) in [4.78, 5) is 0. The minimum absolute atomic E-state index is 0.106. The topological polar surface area (TPSA) is 61.8 Å². The lowest BCUT2D eigenvalue weighted by molar-refractivity contribution is 0.357. The number of hydrogen-bond acceptors (Lipinski definition) is 3. The SMILES string of the molecule is C=C(C)[C@@H]1CCC(C)=C[C@H]1c1c(O)cc(CCCCC)cc1OP(=O)(NC)N(CCCl)CCCl. The molecular weight excluding hydrogens is 490 g/mol. The lowest BCUT2D eigenvalue weighted by Gasteiger charge is -2.34. The second kappa shape index (κ2) is 13.9. The summed E-state index contributed by atoms with van der Waals surface area (Å²) in [5.41, 5.74) is 3.96. The zero-order chi connectivity index (χ0) is 25.3. The first-order chi connectivity index (χ1) is 16.2. The van der Waals surface area contributed by atoms with Crippen molar-refractivity contribution in [3.63, 3.8) is 0 Å². The molecule has 0 amide bonds. The van der Waals surface area contributed by atoms with Gasteiger partial charge in [-0.1, -0.05) is 43.6 Å². The Morgan fingerprint density at radius 3 is 2.53 bits per heavy atom. The molecule has 3 atom stereocenters. The molecule has 0 radical (unpaired) electrons. The van der Waals surface area contributed by atoms with Crippen LogP contribution in [0.5, 0.6) is 11.5 Å². The molecule has 1 aromatic rings. The average Bonchev–Trinajstić information content (AvgIpc) is 2.78. The number of alkyl halides is 2. The van der Waals surface area contributed by atoms with Crippen LogP contribution in [0.15, 0.2) is 35.9 Å². The number of phenols is 1. The standard InChI is InChI=1S/C26H41Cl2N2O3P/c1-6-7-8-9-21-17-24(31)26(23-16-20(4)10-11-22(23)19(2)3)25(18-21)33-34(32,29-5)30(14-12-27)15-13-28/h16-18,22-23,31H,2,6-15H2,1,3-5H3,(H,29,32)/t22-,23+,34?/m0/s1. The van der Waals surface area contributed by atoms with Crippen LogP contribution in [-0.4, -0.2) is 41.7 Å². The van der Waals surface area contributed by atoms with Crippen molar-refractivity contribution in [2.45, 2.75) is 65.2 Å². The third-order valence-electron chi connectivity index (χ3n) is 6.52. The van der Waals surface area contributed by atoms with Crippen LogP contribution < -0.4 is 9.61 Å². The number of nitrogens with one attached hydrogen (secondary N) is 1. The number of halogens is 2. The summed E-state index contributed by atoms with van der Waals surface area (Å²) in [6, 6.07) is 3.78. The Morgan fingerprint density at radius 1 is 1.29 bits per heavy atom. The van der Waals surface area contributed by atoms with Crippen molar-refractivity contribution in [1.82, 2.24) is 9.76 Å². The van der Waals surface area contributed by atoms with E-state index < -0.39 is 7.67 Å². The van der Waals surface area contributed by atoms with Crippen LogP contribution in [-0.2, 0) is 11.0 Å². The van der Waals surface area contributed by atoms with Crippen molar-refractivity contribution >= 4 is 30.9 Å². The number of aromatic hydroxyl groups is 1. The lowest BCUT2D eigenvalue weighted by atomic mass is 9.73. The number of benzene rings is 1. The van der Waals surface area contributed by atoms with E-state index in [1.165, 1.54) is 5.57 Å². The highest BCUT2D eigenvalue weighted by Gasteiger charge is 2.36. The summed E-state index contributed by atoms with van der Waals surface area (Å²) in [6.07, 6.45) is 8.19. The molecule has 2 rings (SSSR count). The maximum Gasteiger partial charge on any atom is 0.392 e. The molecule has 0 aliphatic heterocycles. The Hall–Kier alpha value is -0.970. The van der Waals surface area contributed by atoms with Gasteiger partial charge in [0.05, 0.1) is 0 Å². The molecule has 34 heavy (non-hydrogen) atoms. The van der Waals surface area contributed by atoms with Gasteiger partial charge in [0.25, 0.3) is 0 Å². The summed E-state index contributed by atoms with van der Waals surface area (Å²) in [6.45, 7) is 11.2. The predicted molar refractivity (Wildman–Crippen MR) is 146 cm³/mol. The summed E-state index contributed by atoms with van der Waals surface area (Å²) >= 11 is 12.0. The van der Waals surface area contributed by atoms with Crippen molar-refractivity contribution in [3.05, 3.63) is 47.1 Å². The highest BCUT2D eigenvalue weighted by molar-refractivity contribution is 7.54. The van der Waals surface area contributed by atoms with Crippen LogP contribution in [0.2, 0.25) is 0 Å². The van der Waals surface area contributed by atoms with Gasteiger partial charge in [0.2, 0.25) is 0 Å². The largest absolute Gasteiger partial charge is 0.507 e. The fourth-order valence-electron chi connectivity index (χ4n) is 4.66. The molecule has 1 unspecified atom stereocenters. The van der Waals surface area contributed by atoms with Crippen molar-refractivity contribution in [1.29, 1.82) is 0 Å². The molecule has 0 spiro atoms. The van der Waals surface area contributed by atoms with E-state index in [1.807, 2.05) is 19.1 Å². The van der Waals surface area contributed by atoms with Crippen LogP contribution in [0, 0.1) is 5.92 Å². The summed E-state index contributed by atoms with van der Waals surface area (Å²) in [5.74, 6) is 1.27. The van der Waals surface area contributed by atoms with E-state index in [1.54, 1.807) is 11.7 Å². The predicted octanol–water partition coefficient (Wildman–Crippen LogP) is 7.63. The van der Waals surface area contributed by atoms with Crippen molar-refractivity contribution in [2.75, 3.05) is 31.9 Å². The van der Waals surface area contributed by atoms with Crippen LogP contribution in [0.1, 0.15) is 69.9 Å². The minimum atomic E-state index is -3.51. The highest BCUT2D eigenvalue weighted by atomic mass is 35.5. The van der Waals surface area contributed by atoms with Crippen molar-refractivity contribution in [2.24, 2.45) is 5.92 Å². The van der Waals surface area contributed by atoms with Gasteiger partial charge in [0.1, 0.15) is 11.5 Å². The maximum atomic E-state index is 14.0. The molecule has 5 nitrogen and oxygen atoms in total. The molecule has 0 saturated heterocycles. The zero-order valence-corrected chi connectivity index (χ0v) is 23.5. The van der Waals surface area contributed by atoms with Crippen LogP contribution in [0.4, 0.5) is 0 Å². The fourth-order valence-corrected chi connectivity index (χ4v) is 6.93. The molecule has 1 aliphatic carbocycles. The first-order valence-corrected chi connectivity index (χ1v) is 14.9. The van der Waals surface area contributed by atoms with Gasteiger partial charge < -0.3 is 9.63 Å². The van der Waals surface area contributed by atoms with Crippen LogP contribution in [0.25, 0.3) is 0 Å². The van der Waals surface area contributed by atoms with Crippen LogP contribution in [0.3, 0.4) is 0 Å². The Labute approximate surface area is 216 Å². The third-order valence-corrected chi connectivity index (χ3v) is 9.02. The normalized spacial score (nSPS) is 20.1. The fraction of sp³-hybridized carbons (Fsp3) is 0.615. The summed E-state index contributed by atoms with van der Waals surface area (Å²) < 4.78 is 22.0. The van der Waals surface area contributed by atoms with Crippen LogP contribution >= 0.6 is 30.9 Å². The first-order valence-electron chi connectivity index (χ1n) is 12.2. The quantitative estimate of drug-likeness (QED) is 0.112. The third kappa shape index (κ3) is 7.51. The summed E-state index contributed by atoms with van der Waals surface area (Å²) in [5, 5.41) is 14.2. The number of nitrogens with zero attached hydrogens (tertiary/aromatic N) is 1. The number of rotatable bonds is 14. The van der Waals surface area contributed by atoms with Crippen molar-refractivity contribution in [3.8, 4) is 11.5 Å². The number of allylic oxidation sites excluding steroid dienone is 3. The lowest BCUT2D eigenvalue weighted by Crippen LogP contribution is -2.32. The molecule has 0 saturated carbocycles. The van der Waals surface area contributed by atoms with Crippen molar-refractivity contribution < 1.29 is 14.2 Å². The van der Waals surface area contributed by atoms with E-state index >= 15 is 0 Å². The van der Waals surface area contributed by atoms with Gasteiger partial charge in [0.15, 0.2) is 0 Å². The molecule has 2 N–H and O–H groups in total. The second-order valence-corrected chi connectivity index (χ2v) is 12.2. The van der Waals surface area contributed by atoms with Gasteiger partial charge in [0, 0.05) is 36.3 Å². The van der Waals surface area contributed by atoms with Gasteiger partial charge in [-0.3, -0.25) is 0 Å². The number of unbranched alkanes of at least 4 members (excludes halogenated alkanes) is 2. The van der Waals surface area contributed by atoms with Gasteiger partial charge in [-0.25, -0.2) is 14.3 Å². The van der Waals surface area contributed by atoms with E-state index in [0.29, 0.717) is 36.2 Å². The minimum Gasteiger partial charge on any atom is -0.507 e. The summed E-state index contributed by atoms with van der Waals surface area (Å²) in [7, 11) is -1.90. The molecule has 0 bridgehead atoms. The highest BCUT2D eigenvalue weighted by Crippen LogP contribution is 2.53. The molecular formula is C26H41Cl2N2O3P. The molecule has 8 heteroatoms. The second-order valence-electron chi connectivity index (χ2n) is 9.18. The average molecular weight is 532 g/mol. The zero-order valence-electron chi connectivity index (χ0n) is 21.1. The van der Waals surface area contributed by atoms with Gasteiger partial charge in [-0.15, -0.1) is 23.2 Å². The monoisotopic (exact) mass is 530 g/mol. The van der Waals surface area contributed by atoms with E-state index in [9.17, 15) is 9.67 Å². The molecule has 0 heterocycles. The van der Waals surface area contributed by atoms with E-state index in [-0.39, 0.29) is 17.6 Å². The van der Waals surface area contributed by atoms with E-state index in [2.05, 4.69) is 31.6 Å². The smallest absolute Gasteiger partial charge is 0.392 e. The number of hydrogen-bond donors (Lipinski definition) is 2. The molecule has 0 fully saturated rings. The first kappa shape index (κ1) is 29.3. The van der Waals surface area contributed by atoms with E-state index in [0.717, 1.165) is 49.7 Å². The Bertz CT molecular complexity index is 900. The molecule has 192 valence electrons. The number of phenolic OH excluding ortho intramolecular Hbond substituents is 1.